The van der Waals surface area contributed by atoms with Gasteiger partial charge in [0.25, 0.3) is 0 Å². The average Bonchev–Trinajstić information content (AvgIpc) is 3.01. The fourth-order valence-electron chi connectivity index (χ4n) is 2.81. The Labute approximate surface area is 151 Å². The number of benzene rings is 1. The number of pyridine rings is 1. The van der Waals surface area contributed by atoms with Crippen LogP contribution in [-0.2, 0) is 16.1 Å². The van der Waals surface area contributed by atoms with E-state index in [0.29, 0.717) is 25.4 Å². The van der Waals surface area contributed by atoms with Gasteiger partial charge < -0.3 is 15.0 Å². The fourth-order valence-corrected chi connectivity index (χ4v) is 2.81. The predicted molar refractivity (Wildman–Crippen MR) is 92.7 cm³/mol. The Morgan fingerprint density at radius 2 is 2.08 bits per heavy atom. The van der Waals surface area contributed by atoms with Gasteiger partial charge in [-0.15, -0.1) is 0 Å². The van der Waals surface area contributed by atoms with Gasteiger partial charge in [0.15, 0.2) is 0 Å². The molecule has 1 N–H and O–H groups in total. The number of aromatic nitrogens is 1. The van der Waals surface area contributed by atoms with Gasteiger partial charge in [0.05, 0.1) is 24.7 Å². The Hall–Kier alpha value is -2.96. The molecule has 1 aliphatic rings. The van der Waals surface area contributed by atoms with E-state index in [9.17, 15) is 14.0 Å². The summed E-state index contributed by atoms with van der Waals surface area (Å²) in [5.41, 5.74) is 0.801. The average molecular weight is 357 g/mol. The molecule has 7 heteroatoms. The largest absolute Gasteiger partial charge is 0.492 e. The van der Waals surface area contributed by atoms with Crippen molar-refractivity contribution in [3.63, 3.8) is 0 Å². The zero-order chi connectivity index (χ0) is 18.4. The van der Waals surface area contributed by atoms with Gasteiger partial charge >= 0.3 is 0 Å². The summed E-state index contributed by atoms with van der Waals surface area (Å²) in [6.45, 7) is 1.40. The monoisotopic (exact) mass is 357 g/mol. The van der Waals surface area contributed by atoms with Crippen LogP contribution in [0.2, 0.25) is 0 Å². The number of likely N-dealkylation sites (tertiary alicyclic amines) is 1. The van der Waals surface area contributed by atoms with Crippen LogP contribution in [0.3, 0.4) is 0 Å². The van der Waals surface area contributed by atoms with E-state index in [0.717, 1.165) is 5.69 Å². The van der Waals surface area contributed by atoms with Crippen molar-refractivity contribution in [1.29, 1.82) is 0 Å². The normalized spacial score (nSPS) is 16.6. The molecule has 1 aliphatic heterocycles. The molecule has 2 amide bonds. The van der Waals surface area contributed by atoms with Crippen molar-refractivity contribution in [3.8, 4) is 5.75 Å². The number of ether oxygens (including phenoxy) is 1. The summed E-state index contributed by atoms with van der Waals surface area (Å²) >= 11 is 0. The summed E-state index contributed by atoms with van der Waals surface area (Å²) in [7, 11) is 0. The standard InChI is InChI=1S/C19H20FN3O3/c20-15-4-6-17(7-5-15)26-10-9-22-19(25)14-11-18(24)23(12-14)13-16-3-1-2-8-21-16/h1-8,14H,9-13H2,(H,22,25)/t14-/m1/s1. The van der Waals surface area contributed by atoms with Crippen molar-refractivity contribution in [2.24, 2.45) is 5.92 Å². The lowest BCUT2D eigenvalue weighted by atomic mass is 10.1. The van der Waals surface area contributed by atoms with Crippen LogP contribution in [0.1, 0.15) is 12.1 Å². The maximum absolute atomic E-state index is 12.8. The molecule has 1 atom stereocenters. The lowest BCUT2D eigenvalue weighted by Crippen LogP contribution is -2.35. The molecular formula is C19H20FN3O3. The van der Waals surface area contributed by atoms with Crippen molar-refractivity contribution < 1.29 is 18.7 Å². The van der Waals surface area contributed by atoms with Crippen LogP contribution < -0.4 is 10.1 Å². The minimum atomic E-state index is -0.364. The number of carbonyl (C=O) groups excluding carboxylic acids is 2. The summed E-state index contributed by atoms with van der Waals surface area (Å²) in [4.78, 5) is 30.2. The van der Waals surface area contributed by atoms with E-state index in [4.69, 9.17) is 4.74 Å². The van der Waals surface area contributed by atoms with Crippen molar-refractivity contribution in [2.75, 3.05) is 19.7 Å². The Bertz CT molecular complexity index is 752. The molecule has 1 aromatic heterocycles. The molecule has 2 heterocycles. The molecule has 0 aliphatic carbocycles. The van der Waals surface area contributed by atoms with E-state index in [1.807, 2.05) is 18.2 Å². The van der Waals surface area contributed by atoms with Gasteiger partial charge in [-0.3, -0.25) is 14.6 Å². The first kappa shape index (κ1) is 17.8. The molecule has 0 saturated carbocycles. The molecule has 26 heavy (non-hydrogen) atoms. The highest BCUT2D eigenvalue weighted by Gasteiger charge is 2.34. The highest BCUT2D eigenvalue weighted by atomic mass is 19.1. The third-order valence-electron chi connectivity index (χ3n) is 4.15. The summed E-state index contributed by atoms with van der Waals surface area (Å²) in [5.74, 6) is -0.356. The Morgan fingerprint density at radius 1 is 1.27 bits per heavy atom. The zero-order valence-corrected chi connectivity index (χ0v) is 14.2. The van der Waals surface area contributed by atoms with Crippen LogP contribution in [0, 0.1) is 11.7 Å². The number of rotatable bonds is 7. The van der Waals surface area contributed by atoms with E-state index in [1.165, 1.54) is 24.3 Å². The van der Waals surface area contributed by atoms with Crippen molar-refractivity contribution in [1.82, 2.24) is 15.2 Å². The Kier molecular flexibility index (Phi) is 5.78. The van der Waals surface area contributed by atoms with Gasteiger partial charge in [-0.1, -0.05) is 6.07 Å². The van der Waals surface area contributed by atoms with Crippen LogP contribution >= 0.6 is 0 Å². The van der Waals surface area contributed by atoms with Gasteiger partial charge in [0.1, 0.15) is 18.2 Å². The molecular weight excluding hydrogens is 337 g/mol. The highest BCUT2D eigenvalue weighted by Crippen LogP contribution is 2.19. The van der Waals surface area contributed by atoms with Crippen LogP contribution in [-0.4, -0.2) is 41.4 Å². The van der Waals surface area contributed by atoms with Gasteiger partial charge in [0.2, 0.25) is 11.8 Å². The number of amides is 2. The Morgan fingerprint density at radius 3 is 2.81 bits per heavy atom. The minimum Gasteiger partial charge on any atom is -0.492 e. The van der Waals surface area contributed by atoms with Gasteiger partial charge in [0, 0.05) is 19.2 Å². The third kappa shape index (κ3) is 4.78. The molecule has 1 saturated heterocycles. The summed E-state index contributed by atoms with van der Waals surface area (Å²) in [6.07, 6.45) is 1.89. The lowest BCUT2D eigenvalue weighted by molar-refractivity contribution is -0.129. The molecule has 0 radical (unpaired) electrons. The third-order valence-corrected chi connectivity index (χ3v) is 4.15. The SMILES string of the molecule is O=C(NCCOc1ccc(F)cc1)[C@@H]1CC(=O)N(Cc2ccccn2)C1. The number of nitrogens with one attached hydrogen (secondary N) is 1. The second kappa shape index (κ2) is 8.42. The fraction of sp³-hybridized carbons (Fsp3) is 0.316. The predicted octanol–water partition coefficient (Wildman–Crippen LogP) is 1.76. The molecule has 0 bridgehead atoms. The van der Waals surface area contributed by atoms with E-state index >= 15 is 0 Å². The molecule has 136 valence electrons. The molecule has 0 spiro atoms. The first-order valence-corrected chi connectivity index (χ1v) is 8.45. The molecule has 1 fully saturated rings. The number of carbonyl (C=O) groups is 2. The first-order chi connectivity index (χ1) is 12.6. The van der Waals surface area contributed by atoms with Crippen molar-refractivity contribution in [3.05, 3.63) is 60.2 Å². The van der Waals surface area contributed by atoms with Gasteiger partial charge in [-0.2, -0.15) is 0 Å². The molecule has 1 aromatic carbocycles. The minimum absolute atomic E-state index is 0.0432. The first-order valence-electron chi connectivity index (χ1n) is 8.45. The van der Waals surface area contributed by atoms with Crippen molar-refractivity contribution >= 4 is 11.8 Å². The number of nitrogens with zero attached hydrogens (tertiary/aromatic N) is 2. The Balaban J connectivity index is 1.41. The lowest BCUT2D eigenvalue weighted by Gasteiger charge is -2.16. The topological polar surface area (TPSA) is 71.5 Å². The zero-order valence-electron chi connectivity index (χ0n) is 14.2. The maximum Gasteiger partial charge on any atom is 0.225 e. The summed E-state index contributed by atoms with van der Waals surface area (Å²) in [5, 5.41) is 2.78. The number of halogens is 1. The highest BCUT2D eigenvalue weighted by molar-refractivity contribution is 5.89. The molecule has 6 nitrogen and oxygen atoms in total. The molecule has 0 unspecified atom stereocenters. The quantitative estimate of drug-likeness (QED) is 0.767. The van der Waals surface area contributed by atoms with Crippen molar-refractivity contribution in [2.45, 2.75) is 13.0 Å². The van der Waals surface area contributed by atoms with Crippen LogP contribution in [0.25, 0.3) is 0 Å². The maximum atomic E-state index is 12.8. The van der Waals surface area contributed by atoms with Crippen LogP contribution in [0.5, 0.6) is 5.75 Å². The van der Waals surface area contributed by atoms with Crippen LogP contribution in [0.15, 0.2) is 48.7 Å². The smallest absolute Gasteiger partial charge is 0.225 e. The molecule has 3 rings (SSSR count). The van der Waals surface area contributed by atoms with E-state index in [2.05, 4.69) is 10.3 Å². The van der Waals surface area contributed by atoms with E-state index in [1.54, 1.807) is 11.1 Å². The molecule has 2 aromatic rings. The second-order valence-electron chi connectivity index (χ2n) is 6.09. The van der Waals surface area contributed by atoms with Gasteiger partial charge in [-0.05, 0) is 36.4 Å². The second-order valence-corrected chi connectivity index (χ2v) is 6.09. The summed E-state index contributed by atoms with van der Waals surface area (Å²) < 4.78 is 18.2. The van der Waals surface area contributed by atoms with Crippen LogP contribution in [0.4, 0.5) is 4.39 Å². The number of hydrogen-bond donors (Lipinski definition) is 1. The van der Waals surface area contributed by atoms with E-state index < -0.39 is 0 Å². The number of hydrogen-bond acceptors (Lipinski definition) is 4. The van der Waals surface area contributed by atoms with Gasteiger partial charge in [-0.25, -0.2) is 4.39 Å². The van der Waals surface area contributed by atoms with E-state index in [-0.39, 0.29) is 36.6 Å². The summed E-state index contributed by atoms with van der Waals surface area (Å²) in [6, 6.07) is 11.2.